The van der Waals surface area contributed by atoms with E-state index < -0.39 is 17.3 Å². The Kier molecular flexibility index (Phi) is 4.58. The molecule has 100 valence electrons. The molecule has 0 aromatic carbocycles. The van der Waals surface area contributed by atoms with Crippen LogP contribution in [0.25, 0.3) is 0 Å². The molecule has 1 heterocycles. The SMILES string of the molecule is CCc1ncnc(NC(C)(C)CCC(=O)O)c1F. The fourth-order valence-corrected chi connectivity index (χ4v) is 1.54. The monoisotopic (exact) mass is 255 g/mol. The van der Waals surface area contributed by atoms with Crippen LogP contribution >= 0.6 is 0 Å². The number of anilines is 1. The molecule has 1 rings (SSSR count). The third-order valence-electron chi connectivity index (χ3n) is 2.62. The number of aliphatic carboxylic acids is 1. The van der Waals surface area contributed by atoms with Crippen molar-refractivity contribution in [1.29, 1.82) is 0 Å². The third-order valence-corrected chi connectivity index (χ3v) is 2.62. The number of nitrogens with zero attached hydrogens (tertiary/aromatic N) is 2. The molecule has 18 heavy (non-hydrogen) atoms. The van der Waals surface area contributed by atoms with Crippen LogP contribution in [0.2, 0.25) is 0 Å². The van der Waals surface area contributed by atoms with Crippen LogP contribution in [-0.4, -0.2) is 26.6 Å². The van der Waals surface area contributed by atoms with Gasteiger partial charge in [-0.05, 0) is 26.7 Å². The number of aromatic nitrogens is 2. The Morgan fingerprint density at radius 1 is 1.50 bits per heavy atom. The van der Waals surface area contributed by atoms with Gasteiger partial charge in [-0.3, -0.25) is 4.79 Å². The third kappa shape index (κ3) is 3.94. The van der Waals surface area contributed by atoms with E-state index >= 15 is 0 Å². The minimum Gasteiger partial charge on any atom is -0.481 e. The lowest BCUT2D eigenvalue weighted by atomic mass is 9.98. The van der Waals surface area contributed by atoms with E-state index in [1.807, 2.05) is 20.8 Å². The number of carboxylic acids is 1. The lowest BCUT2D eigenvalue weighted by Crippen LogP contribution is -2.32. The standard InChI is InChI=1S/C12H18FN3O2/c1-4-8-10(13)11(15-7-14-8)16-12(2,3)6-5-9(17)18/h7H,4-6H2,1-3H3,(H,17,18)(H,14,15,16). The molecule has 0 aliphatic heterocycles. The minimum absolute atomic E-state index is 0.0212. The number of halogens is 1. The van der Waals surface area contributed by atoms with Gasteiger partial charge in [-0.25, -0.2) is 14.4 Å². The summed E-state index contributed by atoms with van der Waals surface area (Å²) < 4.78 is 13.9. The first-order chi connectivity index (χ1) is 8.35. The van der Waals surface area contributed by atoms with Gasteiger partial charge in [-0.15, -0.1) is 0 Å². The molecule has 0 saturated heterocycles. The van der Waals surface area contributed by atoms with Gasteiger partial charge >= 0.3 is 5.97 Å². The molecule has 0 unspecified atom stereocenters. The zero-order valence-corrected chi connectivity index (χ0v) is 10.8. The van der Waals surface area contributed by atoms with Crippen molar-refractivity contribution in [3.63, 3.8) is 0 Å². The Bertz CT molecular complexity index is 435. The number of carbonyl (C=O) groups is 1. The summed E-state index contributed by atoms with van der Waals surface area (Å²) in [5.74, 6) is -1.22. The Morgan fingerprint density at radius 2 is 2.17 bits per heavy atom. The smallest absolute Gasteiger partial charge is 0.303 e. The van der Waals surface area contributed by atoms with Gasteiger partial charge in [0.05, 0.1) is 5.69 Å². The second-order valence-corrected chi connectivity index (χ2v) is 4.74. The van der Waals surface area contributed by atoms with Gasteiger partial charge in [-0.2, -0.15) is 0 Å². The molecule has 0 amide bonds. The van der Waals surface area contributed by atoms with Gasteiger partial charge in [0.15, 0.2) is 11.6 Å². The molecule has 0 saturated carbocycles. The van der Waals surface area contributed by atoms with E-state index in [4.69, 9.17) is 5.11 Å². The lowest BCUT2D eigenvalue weighted by Gasteiger charge is -2.26. The van der Waals surface area contributed by atoms with Crippen molar-refractivity contribution >= 4 is 11.8 Å². The van der Waals surface area contributed by atoms with Crippen LogP contribution in [0.15, 0.2) is 6.33 Å². The van der Waals surface area contributed by atoms with Gasteiger partial charge in [0.25, 0.3) is 0 Å². The van der Waals surface area contributed by atoms with Crippen molar-refractivity contribution in [2.75, 3.05) is 5.32 Å². The van der Waals surface area contributed by atoms with Gasteiger partial charge < -0.3 is 10.4 Å². The van der Waals surface area contributed by atoms with Crippen molar-refractivity contribution in [2.45, 2.75) is 45.6 Å². The molecule has 1 aromatic rings. The first kappa shape index (κ1) is 14.3. The molecule has 1 aromatic heterocycles. The first-order valence-corrected chi connectivity index (χ1v) is 5.85. The zero-order valence-electron chi connectivity index (χ0n) is 10.8. The van der Waals surface area contributed by atoms with E-state index in [9.17, 15) is 9.18 Å². The highest BCUT2D eigenvalue weighted by Crippen LogP contribution is 2.21. The second-order valence-electron chi connectivity index (χ2n) is 4.74. The number of carboxylic acid groups (broad SMARTS) is 1. The maximum Gasteiger partial charge on any atom is 0.303 e. The van der Waals surface area contributed by atoms with Crippen LogP contribution in [0, 0.1) is 5.82 Å². The fourth-order valence-electron chi connectivity index (χ4n) is 1.54. The molecular weight excluding hydrogens is 237 g/mol. The normalized spacial score (nSPS) is 11.3. The largest absolute Gasteiger partial charge is 0.481 e. The van der Waals surface area contributed by atoms with Crippen LogP contribution in [0.5, 0.6) is 0 Å². The summed E-state index contributed by atoms with van der Waals surface area (Å²) >= 11 is 0. The fraction of sp³-hybridized carbons (Fsp3) is 0.583. The minimum atomic E-state index is -0.873. The van der Waals surface area contributed by atoms with Crippen LogP contribution in [0.3, 0.4) is 0 Å². The highest BCUT2D eigenvalue weighted by molar-refractivity contribution is 5.66. The molecular formula is C12H18FN3O2. The molecule has 0 aliphatic rings. The highest BCUT2D eigenvalue weighted by Gasteiger charge is 2.22. The summed E-state index contributed by atoms with van der Waals surface area (Å²) in [6, 6.07) is 0. The average molecular weight is 255 g/mol. The van der Waals surface area contributed by atoms with Crippen LogP contribution in [0.1, 0.15) is 39.3 Å². The molecule has 6 heteroatoms. The van der Waals surface area contributed by atoms with Gasteiger partial charge in [0, 0.05) is 12.0 Å². The summed E-state index contributed by atoms with van der Waals surface area (Å²) in [6.07, 6.45) is 2.19. The molecule has 0 radical (unpaired) electrons. The highest BCUT2D eigenvalue weighted by atomic mass is 19.1. The van der Waals surface area contributed by atoms with Crippen molar-refractivity contribution < 1.29 is 14.3 Å². The first-order valence-electron chi connectivity index (χ1n) is 5.85. The summed E-state index contributed by atoms with van der Waals surface area (Å²) in [4.78, 5) is 18.2. The van der Waals surface area contributed by atoms with E-state index in [0.717, 1.165) is 0 Å². The van der Waals surface area contributed by atoms with E-state index in [0.29, 0.717) is 18.5 Å². The van der Waals surface area contributed by atoms with Crippen molar-refractivity contribution in [2.24, 2.45) is 0 Å². The van der Waals surface area contributed by atoms with Gasteiger partial charge in [0.2, 0.25) is 0 Å². The average Bonchev–Trinajstić information content (AvgIpc) is 2.29. The summed E-state index contributed by atoms with van der Waals surface area (Å²) in [5, 5.41) is 11.6. The van der Waals surface area contributed by atoms with E-state index in [2.05, 4.69) is 15.3 Å². The van der Waals surface area contributed by atoms with Crippen molar-refractivity contribution in [3.05, 3.63) is 17.8 Å². The second kappa shape index (κ2) is 5.75. The van der Waals surface area contributed by atoms with Crippen molar-refractivity contribution in [3.8, 4) is 0 Å². The Balaban J connectivity index is 2.80. The number of rotatable bonds is 6. The molecule has 0 aliphatic carbocycles. The van der Waals surface area contributed by atoms with Crippen LogP contribution in [0.4, 0.5) is 10.2 Å². The number of aryl methyl sites for hydroxylation is 1. The van der Waals surface area contributed by atoms with Gasteiger partial charge in [0.1, 0.15) is 6.33 Å². The Labute approximate surface area is 105 Å². The molecule has 2 N–H and O–H groups in total. The van der Waals surface area contributed by atoms with E-state index in [1.165, 1.54) is 6.33 Å². The number of hydrogen-bond donors (Lipinski definition) is 2. The Morgan fingerprint density at radius 3 is 2.72 bits per heavy atom. The maximum atomic E-state index is 13.9. The molecule has 0 atom stereocenters. The van der Waals surface area contributed by atoms with E-state index in [1.54, 1.807) is 0 Å². The van der Waals surface area contributed by atoms with Gasteiger partial charge in [-0.1, -0.05) is 6.92 Å². The maximum absolute atomic E-state index is 13.9. The predicted octanol–water partition coefficient (Wildman–Crippen LogP) is 2.23. The molecule has 0 bridgehead atoms. The number of nitrogens with one attached hydrogen (secondary N) is 1. The summed E-state index contributed by atoms with van der Waals surface area (Å²) in [6.45, 7) is 5.43. The predicted molar refractivity (Wildman–Crippen MR) is 65.9 cm³/mol. The molecule has 0 spiro atoms. The van der Waals surface area contributed by atoms with E-state index in [-0.39, 0.29) is 12.2 Å². The number of hydrogen-bond acceptors (Lipinski definition) is 4. The van der Waals surface area contributed by atoms with Crippen LogP contribution in [-0.2, 0) is 11.2 Å². The quantitative estimate of drug-likeness (QED) is 0.815. The lowest BCUT2D eigenvalue weighted by molar-refractivity contribution is -0.137. The van der Waals surface area contributed by atoms with Crippen LogP contribution < -0.4 is 5.32 Å². The summed E-state index contributed by atoms with van der Waals surface area (Å²) in [7, 11) is 0. The molecule has 0 fully saturated rings. The molecule has 5 nitrogen and oxygen atoms in total. The van der Waals surface area contributed by atoms with Crippen molar-refractivity contribution in [1.82, 2.24) is 9.97 Å². The summed E-state index contributed by atoms with van der Waals surface area (Å²) in [5.41, 5.74) is -0.194. The topological polar surface area (TPSA) is 75.1 Å². The zero-order chi connectivity index (χ0) is 13.8. The Hall–Kier alpha value is -1.72.